The van der Waals surface area contributed by atoms with Crippen molar-refractivity contribution in [2.75, 3.05) is 0 Å². The molecular weight excluding hydrogens is 544 g/mol. The highest BCUT2D eigenvalue weighted by Gasteiger charge is 2.45. The topological polar surface area (TPSA) is 63.9 Å². The molecule has 0 unspecified atom stereocenters. The molecule has 5 aromatic rings. The molecule has 2 atom stereocenters. The van der Waals surface area contributed by atoms with Gasteiger partial charge in [0.05, 0.1) is 0 Å². The van der Waals surface area contributed by atoms with Crippen LogP contribution in [-0.2, 0) is 11.2 Å². The minimum atomic E-state index is -0.0665. The molecule has 0 saturated heterocycles. The van der Waals surface area contributed by atoms with E-state index in [9.17, 15) is 5.11 Å². The van der Waals surface area contributed by atoms with Crippen LogP contribution in [0.15, 0.2) is 83.9 Å². The maximum atomic E-state index is 10.6. The van der Waals surface area contributed by atoms with Crippen molar-refractivity contribution in [1.82, 2.24) is 4.98 Å². The summed E-state index contributed by atoms with van der Waals surface area (Å²) < 4.78 is 13.3. The Labute approximate surface area is 259 Å². The van der Waals surface area contributed by atoms with Crippen LogP contribution >= 0.6 is 0 Å². The van der Waals surface area contributed by atoms with Crippen molar-refractivity contribution in [3.63, 3.8) is 0 Å². The van der Waals surface area contributed by atoms with Gasteiger partial charge in [-0.1, -0.05) is 55.8 Å². The summed E-state index contributed by atoms with van der Waals surface area (Å²) in [5, 5.41) is 11.5. The number of aromatic hydroxyl groups is 1. The molecular formula is C39H38N2O3. The van der Waals surface area contributed by atoms with E-state index in [1.165, 1.54) is 33.4 Å². The molecule has 0 saturated carbocycles. The van der Waals surface area contributed by atoms with Gasteiger partial charge in [-0.05, 0) is 116 Å². The van der Waals surface area contributed by atoms with Gasteiger partial charge in [-0.15, -0.1) is 0 Å². The van der Waals surface area contributed by atoms with Gasteiger partial charge < -0.3 is 14.6 Å². The van der Waals surface area contributed by atoms with Gasteiger partial charge >= 0.3 is 0 Å². The van der Waals surface area contributed by atoms with E-state index in [-0.39, 0.29) is 23.3 Å². The monoisotopic (exact) mass is 582 g/mol. The number of pyridine rings is 1. The number of nitrogens with zero attached hydrogens (tertiary/aromatic N) is 2. The molecule has 1 aromatic heterocycles. The molecule has 222 valence electrons. The SMILES string of the molecule is Cc1cc(C)c(-c2cc(Oc3ccc4cc(C)cc(O)c4n3)cc(C3=N[C@H]4c5ccccc5CCC(C)(C)[C@H]4O3)c2)c(C)c1. The highest BCUT2D eigenvalue weighted by Crippen LogP contribution is 2.47. The third kappa shape index (κ3) is 5.00. The number of aromatic nitrogens is 1. The molecule has 0 amide bonds. The first-order valence-corrected chi connectivity index (χ1v) is 15.4. The van der Waals surface area contributed by atoms with Crippen molar-refractivity contribution >= 4 is 16.8 Å². The van der Waals surface area contributed by atoms with Crippen LogP contribution in [0.4, 0.5) is 0 Å². The Hall–Kier alpha value is -4.64. The molecule has 5 heteroatoms. The van der Waals surface area contributed by atoms with Crippen molar-refractivity contribution in [3.8, 4) is 28.5 Å². The number of aryl methyl sites for hydroxylation is 5. The van der Waals surface area contributed by atoms with Crippen molar-refractivity contribution in [2.45, 2.75) is 66.5 Å². The zero-order valence-corrected chi connectivity index (χ0v) is 26.2. The Bertz CT molecular complexity index is 1950. The molecule has 4 aromatic carbocycles. The van der Waals surface area contributed by atoms with Gasteiger partial charge in [-0.2, -0.15) is 0 Å². The lowest BCUT2D eigenvalue weighted by Crippen LogP contribution is -2.33. The molecule has 0 spiro atoms. The zero-order valence-electron chi connectivity index (χ0n) is 26.2. The summed E-state index contributed by atoms with van der Waals surface area (Å²) in [6.07, 6.45) is 1.99. The molecule has 0 bridgehead atoms. The smallest absolute Gasteiger partial charge is 0.219 e. The number of ether oxygens (including phenoxy) is 2. The number of aliphatic imine (C=N–C) groups is 1. The lowest BCUT2D eigenvalue weighted by Gasteiger charge is -2.32. The summed E-state index contributed by atoms with van der Waals surface area (Å²) in [5.74, 6) is 1.82. The zero-order chi connectivity index (χ0) is 30.7. The quantitative estimate of drug-likeness (QED) is 0.229. The first kappa shape index (κ1) is 28.1. The van der Waals surface area contributed by atoms with Gasteiger partial charge in [0.25, 0.3) is 0 Å². The van der Waals surface area contributed by atoms with E-state index in [1.807, 2.05) is 31.2 Å². The van der Waals surface area contributed by atoms with Gasteiger partial charge in [0.1, 0.15) is 29.2 Å². The average molecular weight is 583 g/mol. The average Bonchev–Trinajstić information content (AvgIpc) is 3.39. The van der Waals surface area contributed by atoms with E-state index >= 15 is 0 Å². The van der Waals surface area contributed by atoms with Crippen LogP contribution in [0, 0.1) is 33.1 Å². The normalized spacial score (nSPS) is 18.6. The highest BCUT2D eigenvalue weighted by atomic mass is 16.5. The molecule has 7 rings (SSSR count). The third-order valence-corrected chi connectivity index (χ3v) is 9.20. The Balaban J connectivity index is 1.36. The van der Waals surface area contributed by atoms with Gasteiger partial charge in [-0.25, -0.2) is 9.98 Å². The van der Waals surface area contributed by atoms with Crippen molar-refractivity contribution in [1.29, 1.82) is 0 Å². The molecule has 2 aliphatic rings. The minimum Gasteiger partial charge on any atom is -0.506 e. The van der Waals surface area contributed by atoms with Crippen LogP contribution in [-0.4, -0.2) is 22.1 Å². The second kappa shape index (κ2) is 10.5. The minimum absolute atomic E-state index is 0.0502. The van der Waals surface area contributed by atoms with E-state index in [0.717, 1.165) is 34.9 Å². The first-order valence-electron chi connectivity index (χ1n) is 15.4. The second-order valence-electron chi connectivity index (χ2n) is 13.2. The Kier molecular flexibility index (Phi) is 6.73. The van der Waals surface area contributed by atoms with Crippen molar-refractivity contribution in [2.24, 2.45) is 10.4 Å². The fourth-order valence-corrected chi connectivity index (χ4v) is 7.10. The fraction of sp³-hybridized carbons (Fsp3) is 0.282. The lowest BCUT2D eigenvalue weighted by atomic mass is 9.80. The van der Waals surface area contributed by atoms with Crippen LogP contribution in [0.3, 0.4) is 0 Å². The molecule has 1 aliphatic heterocycles. The van der Waals surface area contributed by atoms with Crippen LogP contribution < -0.4 is 4.74 Å². The maximum Gasteiger partial charge on any atom is 0.219 e. The van der Waals surface area contributed by atoms with Crippen molar-refractivity contribution < 1.29 is 14.6 Å². The second-order valence-corrected chi connectivity index (χ2v) is 13.2. The number of benzene rings is 4. The number of rotatable bonds is 4. The summed E-state index contributed by atoms with van der Waals surface area (Å²) in [6, 6.07) is 26.7. The number of phenols is 1. The Morgan fingerprint density at radius 2 is 1.57 bits per heavy atom. The largest absolute Gasteiger partial charge is 0.506 e. The maximum absolute atomic E-state index is 10.6. The van der Waals surface area contributed by atoms with Crippen LogP contribution in [0.2, 0.25) is 0 Å². The number of hydrogen-bond donors (Lipinski definition) is 1. The van der Waals surface area contributed by atoms with Gasteiger partial charge in [0.15, 0.2) is 0 Å². The summed E-state index contributed by atoms with van der Waals surface area (Å²) >= 11 is 0. The Morgan fingerprint density at radius 1 is 0.841 bits per heavy atom. The summed E-state index contributed by atoms with van der Waals surface area (Å²) in [7, 11) is 0. The summed E-state index contributed by atoms with van der Waals surface area (Å²) in [5.41, 5.74) is 10.8. The molecule has 1 N–H and O–H groups in total. The van der Waals surface area contributed by atoms with E-state index in [4.69, 9.17) is 14.5 Å². The standard InChI is InChI=1S/C39H38N2O3/c1-22-15-24(3)34(25(4)16-22)28-19-29(21-30(20-28)43-33-12-11-27-17-23(2)18-32(42)35(27)40-33)38-41-36-31-10-8-7-9-26(31)13-14-39(5,6)37(36)44-38/h7-12,15-21,36-37,42H,13-14H2,1-6H3/t36-,37-/m0/s1. The van der Waals surface area contributed by atoms with E-state index in [0.29, 0.717) is 23.0 Å². The fourth-order valence-electron chi connectivity index (χ4n) is 7.10. The lowest BCUT2D eigenvalue weighted by molar-refractivity contribution is 0.0611. The van der Waals surface area contributed by atoms with E-state index in [2.05, 4.69) is 88.1 Å². The molecule has 1 aliphatic carbocycles. The summed E-state index contributed by atoms with van der Waals surface area (Å²) in [4.78, 5) is 9.94. The van der Waals surface area contributed by atoms with Gasteiger partial charge in [0, 0.05) is 22.4 Å². The molecule has 0 fully saturated rings. The highest BCUT2D eigenvalue weighted by molar-refractivity contribution is 5.97. The van der Waals surface area contributed by atoms with Crippen molar-refractivity contribution in [3.05, 3.63) is 118 Å². The van der Waals surface area contributed by atoms with E-state index < -0.39 is 0 Å². The number of fused-ring (bicyclic) bond motifs is 4. The molecule has 5 nitrogen and oxygen atoms in total. The molecule has 2 heterocycles. The number of phenolic OH excluding ortho intramolecular Hbond substituents is 1. The van der Waals surface area contributed by atoms with E-state index in [1.54, 1.807) is 6.07 Å². The van der Waals surface area contributed by atoms with Gasteiger partial charge in [-0.3, -0.25) is 0 Å². The van der Waals surface area contributed by atoms with Crippen LogP contribution in [0.5, 0.6) is 17.4 Å². The third-order valence-electron chi connectivity index (χ3n) is 9.20. The Morgan fingerprint density at radius 3 is 2.36 bits per heavy atom. The predicted molar refractivity (Wildman–Crippen MR) is 177 cm³/mol. The van der Waals surface area contributed by atoms with Gasteiger partial charge in [0.2, 0.25) is 11.8 Å². The summed E-state index contributed by atoms with van der Waals surface area (Å²) in [6.45, 7) is 13.0. The molecule has 44 heavy (non-hydrogen) atoms. The first-order chi connectivity index (χ1) is 21.1. The molecule has 0 radical (unpaired) electrons. The van der Waals surface area contributed by atoms with Crippen LogP contribution in [0.25, 0.3) is 22.0 Å². The van der Waals surface area contributed by atoms with Crippen LogP contribution in [0.1, 0.15) is 65.3 Å². The number of hydrogen-bond acceptors (Lipinski definition) is 5. The predicted octanol–water partition coefficient (Wildman–Crippen LogP) is 9.49.